The van der Waals surface area contributed by atoms with Crippen molar-refractivity contribution < 1.29 is 17.9 Å². The van der Waals surface area contributed by atoms with Crippen molar-refractivity contribution in [3.8, 4) is 0 Å². The quantitative estimate of drug-likeness (QED) is 0.629. The molecule has 31 heavy (non-hydrogen) atoms. The molecule has 1 atom stereocenters. The number of likely N-dealkylation sites (tertiary alicyclic amines) is 1. The van der Waals surface area contributed by atoms with E-state index in [1.807, 2.05) is 51.1 Å². The van der Waals surface area contributed by atoms with Gasteiger partial charge in [0.05, 0.1) is 4.90 Å². The van der Waals surface area contributed by atoms with Gasteiger partial charge in [0.1, 0.15) is 5.60 Å². The molecule has 8 heteroatoms. The molecule has 1 unspecified atom stereocenters. The van der Waals surface area contributed by atoms with Gasteiger partial charge in [-0.1, -0.05) is 41.9 Å². The van der Waals surface area contributed by atoms with Crippen LogP contribution in [0.15, 0.2) is 59.5 Å². The van der Waals surface area contributed by atoms with Gasteiger partial charge in [-0.3, -0.25) is 0 Å². The van der Waals surface area contributed by atoms with Crippen LogP contribution in [0.2, 0.25) is 5.02 Å². The number of piperidine rings is 1. The molecule has 0 radical (unpaired) electrons. The zero-order chi connectivity index (χ0) is 22.6. The van der Waals surface area contributed by atoms with E-state index in [4.69, 9.17) is 16.3 Å². The Hall–Kier alpha value is -2.09. The first-order valence-electron chi connectivity index (χ1n) is 10.4. The van der Waals surface area contributed by atoms with E-state index in [-0.39, 0.29) is 24.0 Å². The molecule has 168 valence electrons. The van der Waals surface area contributed by atoms with Gasteiger partial charge < -0.3 is 9.64 Å². The van der Waals surface area contributed by atoms with Crippen molar-refractivity contribution in [3.63, 3.8) is 0 Å². The Kier molecular flexibility index (Phi) is 7.29. The van der Waals surface area contributed by atoms with E-state index in [2.05, 4.69) is 0 Å². The highest BCUT2D eigenvalue weighted by Crippen LogP contribution is 2.27. The van der Waals surface area contributed by atoms with E-state index >= 15 is 0 Å². The van der Waals surface area contributed by atoms with Crippen LogP contribution in [0.25, 0.3) is 0 Å². The summed E-state index contributed by atoms with van der Waals surface area (Å²) in [6.07, 6.45) is 0.949. The Morgan fingerprint density at radius 2 is 1.77 bits per heavy atom. The second kappa shape index (κ2) is 9.59. The van der Waals surface area contributed by atoms with Gasteiger partial charge in [0.2, 0.25) is 10.0 Å². The fourth-order valence-corrected chi connectivity index (χ4v) is 5.36. The van der Waals surface area contributed by atoms with Crippen LogP contribution in [0.5, 0.6) is 0 Å². The first kappa shape index (κ1) is 23.6. The van der Waals surface area contributed by atoms with Crippen molar-refractivity contribution >= 4 is 27.7 Å². The number of halogens is 1. The molecule has 0 spiro atoms. The molecule has 0 aliphatic carbocycles. The number of sulfonamides is 1. The standard InChI is InChI=1S/C23H29ClN2O4S/c1-23(2,3)30-22(27)25-15-7-10-20(17-25)26(16-18-8-5-4-6-9-18)31(28,29)21-13-11-19(24)12-14-21/h4-6,8-9,11-14,20H,7,10,15-17H2,1-3H3. The number of ether oxygens (including phenoxy) is 1. The van der Waals surface area contributed by atoms with Crippen molar-refractivity contribution in [2.45, 2.75) is 56.7 Å². The molecule has 1 heterocycles. The molecule has 2 aromatic rings. The summed E-state index contributed by atoms with van der Waals surface area (Å²) in [7, 11) is -3.80. The van der Waals surface area contributed by atoms with Crippen LogP contribution in [0.3, 0.4) is 0 Å². The number of hydrogen-bond donors (Lipinski definition) is 0. The highest BCUT2D eigenvalue weighted by molar-refractivity contribution is 7.89. The highest BCUT2D eigenvalue weighted by Gasteiger charge is 2.36. The summed E-state index contributed by atoms with van der Waals surface area (Å²) in [6.45, 7) is 6.51. The number of benzene rings is 2. The minimum Gasteiger partial charge on any atom is -0.444 e. The lowest BCUT2D eigenvalue weighted by Crippen LogP contribution is -2.52. The molecule has 1 aliphatic heterocycles. The Bertz CT molecular complexity index is 988. The van der Waals surface area contributed by atoms with Gasteiger partial charge in [0, 0.05) is 30.7 Å². The molecular weight excluding hydrogens is 436 g/mol. The van der Waals surface area contributed by atoms with Crippen LogP contribution >= 0.6 is 11.6 Å². The monoisotopic (exact) mass is 464 g/mol. The Balaban J connectivity index is 1.90. The zero-order valence-corrected chi connectivity index (χ0v) is 19.7. The Morgan fingerprint density at radius 3 is 2.39 bits per heavy atom. The lowest BCUT2D eigenvalue weighted by atomic mass is 10.1. The van der Waals surface area contributed by atoms with Crippen LogP contribution in [0, 0.1) is 0 Å². The average molecular weight is 465 g/mol. The maximum atomic E-state index is 13.6. The normalized spacial score (nSPS) is 17.6. The molecule has 0 N–H and O–H groups in total. The molecular formula is C23H29ClN2O4S. The van der Waals surface area contributed by atoms with Gasteiger partial charge >= 0.3 is 6.09 Å². The van der Waals surface area contributed by atoms with E-state index in [9.17, 15) is 13.2 Å². The van der Waals surface area contributed by atoms with Crippen molar-refractivity contribution in [1.29, 1.82) is 0 Å². The summed E-state index contributed by atoms with van der Waals surface area (Å²) in [5, 5.41) is 0.474. The lowest BCUT2D eigenvalue weighted by Gasteiger charge is -2.39. The number of carbonyl (C=O) groups excluding carboxylic acids is 1. The Labute approximate surface area is 189 Å². The first-order valence-corrected chi connectivity index (χ1v) is 12.2. The second-order valence-corrected chi connectivity index (χ2v) is 11.0. The van der Waals surface area contributed by atoms with E-state index in [1.54, 1.807) is 17.0 Å². The van der Waals surface area contributed by atoms with Crippen LogP contribution in [-0.4, -0.2) is 48.4 Å². The van der Waals surface area contributed by atoms with Crippen LogP contribution < -0.4 is 0 Å². The predicted octanol–water partition coefficient (Wildman–Crippen LogP) is 4.93. The van der Waals surface area contributed by atoms with Crippen molar-refractivity contribution in [3.05, 3.63) is 65.2 Å². The van der Waals surface area contributed by atoms with Gasteiger partial charge in [-0.15, -0.1) is 0 Å². The molecule has 0 aromatic heterocycles. The number of carbonyl (C=O) groups is 1. The molecule has 1 saturated heterocycles. The number of hydrogen-bond acceptors (Lipinski definition) is 4. The fourth-order valence-electron chi connectivity index (χ4n) is 3.60. The summed E-state index contributed by atoms with van der Waals surface area (Å²) >= 11 is 5.96. The number of amides is 1. The summed E-state index contributed by atoms with van der Waals surface area (Å²) in [5.41, 5.74) is 0.276. The van der Waals surface area contributed by atoms with Gasteiger partial charge in [-0.25, -0.2) is 13.2 Å². The number of nitrogens with zero attached hydrogens (tertiary/aromatic N) is 2. The van der Waals surface area contributed by atoms with Gasteiger partial charge in [-0.2, -0.15) is 4.31 Å². The average Bonchev–Trinajstić information content (AvgIpc) is 2.72. The summed E-state index contributed by atoms with van der Waals surface area (Å²) in [5.74, 6) is 0. The first-order chi connectivity index (χ1) is 14.6. The second-order valence-electron chi connectivity index (χ2n) is 8.71. The van der Waals surface area contributed by atoms with Crippen LogP contribution in [0.1, 0.15) is 39.2 Å². The summed E-state index contributed by atoms with van der Waals surface area (Å²) < 4.78 is 34.2. The molecule has 0 bridgehead atoms. The maximum absolute atomic E-state index is 13.6. The third-order valence-electron chi connectivity index (χ3n) is 5.06. The van der Waals surface area contributed by atoms with E-state index < -0.39 is 21.7 Å². The molecule has 2 aromatic carbocycles. The van der Waals surface area contributed by atoms with Gasteiger partial charge in [0.25, 0.3) is 0 Å². The van der Waals surface area contributed by atoms with E-state index in [0.717, 1.165) is 5.56 Å². The van der Waals surface area contributed by atoms with Crippen molar-refractivity contribution in [1.82, 2.24) is 9.21 Å². The topological polar surface area (TPSA) is 66.9 Å². The van der Waals surface area contributed by atoms with E-state index in [1.165, 1.54) is 16.4 Å². The predicted molar refractivity (Wildman–Crippen MR) is 121 cm³/mol. The highest BCUT2D eigenvalue weighted by atomic mass is 35.5. The largest absolute Gasteiger partial charge is 0.444 e. The summed E-state index contributed by atoms with van der Waals surface area (Å²) in [4.78, 5) is 14.4. The molecule has 1 amide bonds. The maximum Gasteiger partial charge on any atom is 0.410 e. The van der Waals surface area contributed by atoms with Crippen LogP contribution in [-0.2, 0) is 21.3 Å². The van der Waals surface area contributed by atoms with Gasteiger partial charge in [-0.05, 0) is 63.4 Å². The molecule has 3 rings (SSSR count). The molecule has 6 nitrogen and oxygen atoms in total. The third-order valence-corrected chi connectivity index (χ3v) is 7.22. The smallest absolute Gasteiger partial charge is 0.410 e. The molecule has 1 fully saturated rings. The lowest BCUT2D eigenvalue weighted by molar-refractivity contribution is 0.0152. The molecule has 1 aliphatic rings. The van der Waals surface area contributed by atoms with E-state index in [0.29, 0.717) is 24.4 Å². The minimum absolute atomic E-state index is 0.183. The van der Waals surface area contributed by atoms with Crippen LogP contribution in [0.4, 0.5) is 4.79 Å². The number of rotatable bonds is 5. The SMILES string of the molecule is CC(C)(C)OC(=O)N1CCCC(N(Cc2ccccc2)S(=O)(=O)c2ccc(Cl)cc2)C1. The minimum atomic E-state index is -3.80. The third kappa shape index (κ3) is 6.21. The fraction of sp³-hybridized carbons (Fsp3) is 0.435. The summed E-state index contributed by atoms with van der Waals surface area (Å²) in [6, 6.07) is 15.3. The zero-order valence-electron chi connectivity index (χ0n) is 18.1. The molecule has 0 saturated carbocycles. The van der Waals surface area contributed by atoms with Crippen molar-refractivity contribution in [2.24, 2.45) is 0 Å². The van der Waals surface area contributed by atoms with Gasteiger partial charge in [0.15, 0.2) is 0 Å². The Morgan fingerprint density at radius 1 is 1.13 bits per heavy atom. The van der Waals surface area contributed by atoms with Crippen molar-refractivity contribution in [2.75, 3.05) is 13.1 Å².